The lowest BCUT2D eigenvalue weighted by Crippen LogP contribution is -2.26. The first-order valence-electron chi connectivity index (χ1n) is 6.28. The number of fused-ring (bicyclic) bond motifs is 2. The highest BCUT2D eigenvalue weighted by atomic mass is 35.5. The summed E-state index contributed by atoms with van der Waals surface area (Å²) in [6.45, 7) is 4.40. The Balaban J connectivity index is 2.24. The van der Waals surface area contributed by atoms with Gasteiger partial charge in [0.05, 0.1) is 7.11 Å². The molecule has 98 valence electrons. The molecule has 0 bridgehead atoms. The van der Waals surface area contributed by atoms with Gasteiger partial charge in [0.25, 0.3) is 0 Å². The van der Waals surface area contributed by atoms with E-state index in [-0.39, 0.29) is 5.41 Å². The number of hydrogen-bond donors (Lipinski definition) is 1. The second-order valence-electron chi connectivity index (χ2n) is 5.32. The van der Waals surface area contributed by atoms with E-state index in [2.05, 4.69) is 31.3 Å². The molecule has 2 aromatic carbocycles. The van der Waals surface area contributed by atoms with Gasteiger partial charge in [0.1, 0.15) is 5.75 Å². The maximum atomic E-state index is 6.39. The van der Waals surface area contributed by atoms with Crippen LogP contribution in [-0.2, 0) is 5.41 Å². The van der Waals surface area contributed by atoms with Gasteiger partial charge in [0.2, 0.25) is 0 Å². The van der Waals surface area contributed by atoms with Crippen molar-refractivity contribution in [1.82, 2.24) is 0 Å². The number of halogens is 1. The average molecular weight is 274 g/mol. The Bertz CT molecular complexity index is 649. The Morgan fingerprint density at radius 1 is 1.11 bits per heavy atom. The predicted molar refractivity (Wildman–Crippen MR) is 79.9 cm³/mol. The Kier molecular flexibility index (Phi) is 2.72. The lowest BCUT2D eigenvalue weighted by Gasteiger charge is -2.36. The minimum Gasteiger partial charge on any atom is -0.497 e. The molecule has 0 amide bonds. The molecule has 0 radical (unpaired) electrons. The van der Waals surface area contributed by atoms with Crippen LogP contribution in [0.4, 0.5) is 11.4 Å². The predicted octanol–water partition coefficient (Wildman–Crippen LogP) is 4.73. The van der Waals surface area contributed by atoms with Crippen molar-refractivity contribution in [2.75, 3.05) is 12.4 Å². The van der Waals surface area contributed by atoms with Crippen LogP contribution < -0.4 is 10.1 Å². The summed E-state index contributed by atoms with van der Waals surface area (Å²) in [6.07, 6.45) is 0. The highest BCUT2D eigenvalue weighted by Crippen LogP contribution is 2.48. The van der Waals surface area contributed by atoms with Gasteiger partial charge in [-0.05, 0) is 23.8 Å². The summed E-state index contributed by atoms with van der Waals surface area (Å²) in [5, 5.41) is 4.25. The van der Waals surface area contributed by atoms with Crippen LogP contribution in [0.15, 0.2) is 36.4 Å². The molecule has 1 heterocycles. The van der Waals surface area contributed by atoms with Crippen molar-refractivity contribution in [3.63, 3.8) is 0 Å². The fraction of sp³-hybridized carbons (Fsp3) is 0.250. The van der Waals surface area contributed by atoms with E-state index in [9.17, 15) is 0 Å². The molecule has 0 unspecified atom stereocenters. The highest BCUT2D eigenvalue weighted by Gasteiger charge is 2.34. The van der Waals surface area contributed by atoms with Crippen molar-refractivity contribution in [3.05, 3.63) is 52.5 Å². The summed E-state index contributed by atoms with van der Waals surface area (Å²) in [6, 6.07) is 12.1. The van der Waals surface area contributed by atoms with Gasteiger partial charge in [-0.15, -0.1) is 0 Å². The van der Waals surface area contributed by atoms with Gasteiger partial charge in [0, 0.05) is 33.4 Å². The zero-order valence-corrected chi connectivity index (χ0v) is 12.0. The normalized spacial score (nSPS) is 15.2. The van der Waals surface area contributed by atoms with Crippen molar-refractivity contribution < 1.29 is 4.74 Å². The summed E-state index contributed by atoms with van der Waals surface area (Å²) < 4.78 is 5.29. The molecule has 0 saturated carbocycles. The van der Waals surface area contributed by atoms with Crippen LogP contribution in [0.25, 0.3) is 0 Å². The van der Waals surface area contributed by atoms with Crippen LogP contribution in [0.1, 0.15) is 25.0 Å². The van der Waals surface area contributed by atoms with Crippen LogP contribution in [-0.4, -0.2) is 7.11 Å². The van der Waals surface area contributed by atoms with Crippen molar-refractivity contribution in [3.8, 4) is 5.75 Å². The molecule has 1 N–H and O–H groups in total. The zero-order chi connectivity index (χ0) is 13.6. The molecule has 1 aliphatic rings. The molecule has 0 aliphatic carbocycles. The molecule has 0 aromatic heterocycles. The standard InChI is InChI=1S/C16H16ClNO/c1-16(2)11-8-7-10(19-3)9-14(11)18-13-6-4-5-12(17)15(13)16/h4-9,18H,1-3H3. The molecule has 2 nitrogen and oxygen atoms in total. The summed E-state index contributed by atoms with van der Waals surface area (Å²) >= 11 is 6.39. The lowest BCUT2D eigenvalue weighted by molar-refractivity contribution is 0.414. The second-order valence-corrected chi connectivity index (χ2v) is 5.73. The number of benzene rings is 2. The van der Waals surface area contributed by atoms with Gasteiger partial charge in [-0.2, -0.15) is 0 Å². The second kappa shape index (κ2) is 4.17. The van der Waals surface area contributed by atoms with E-state index in [1.807, 2.05) is 24.3 Å². The van der Waals surface area contributed by atoms with E-state index in [4.69, 9.17) is 16.3 Å². The third-order valence-electron chi connectivity index (χ3n) is 3.81. The van der Waals surface area contributed by atoms with E-state index in [0.717, 1.165) is 27.7 Å². The van der Waals surface area contributed by atoms with E-state index >= 15 is 0 Å². The van der Waals surface area contributed by atoms with Gasteiger partial charge in [-0.3, -0.25) is 0 Å². The largest absolute Gasteiger partial charge is 0.497 e. The zero-order valence-electron chi connectivity index (χ0n) is 11.3. The quantitative estimate of drug-likeness (QED) is 0.811. The van der Waals surface area contributed by atoms with E-state index in [1.54, 1.807) is 7.11 Å². The van der Waals surface area contributed by atoms with Gasteiger partial charge >= 0.3 is 0 Å². The molecule has 2 aromatic rings. The van der Waals surface area contributed by atoms with Crippen LogP contribution >= 0.6 is 11.6 Å². The summed E-state index contributed by atoms with van der Waals surface area (Å²) in [7, 11) is 1.68. The molecular formula is C16H16ClNO. The highest BCUT2D eigenvalue weighted by molar-refractivity contribution is 6.32. The minimum atomic E-state index is -0.124. The summed E-state index contributed by atoms with van der Waals surface area (Å²) in [5.74, 6) is 0.854. The molecular weight excluding hydrogens is 258 g/mol. The van der Waals surface area contributed by atoms with Crippen molar-refractivity contribution in [1.29, 1.82) is 0 Å². The van der Waals surface area contributed by atoms with Crippen molar-refractivity contribution in [2.45, 2.75) is 19.3 Å². The van der Waals surface area contributed by atoms with Crippen LogP contribution in [0.2, 0.25) is 5.02 Å². The average Bonchev–Trinajstić information content (AvgIpc) is 2.37. The third kappa shape index (κ3) is 1.79. The SMILES string of the molecule is COc1ccc2c(c1)Nc1cccc(Cl)c1C2(C)C. The fourth-order valence-corrected chi connectivity index (χ4v) is 3.25. The molecule has 3 heteroatoms. The topological polar surface area (TPSA) is 21.3 Å². The van der Waals surface area contributed by atoms with Gasteiger partial charge in [-0.25, -0.2) is 0 Å². The maximum absolute atomic E-state index is 6.39. The summed E-state index contributed by atoms with van der Waals surface area (Å²) in [4.78, 5) is 0. The number of ether oxygens (including phenoxy) is 1. The summed E-state index contributed by atoms with van der Waals surface area (Å²) in [5.41, 5.74) is 4.40. The molecule has 3 rings (SSSR count). The van der Waals surface area contributed by atoms with Gasteiger partial charge in [-0.1, -0.05) is 37.6 Å². The molecule has 0 fully saturated rings. The third-order valence-corrected chi connectivity index (χ3v) is 4.12. The van der Waals surface area contributed by atoms with Crippen LogP contribution in [0.3, 0.4) is 0 Å². The Morgan fingerprint density at radius 2 is 1.89 bits per heavy atom. The first-order chi connectivity index (χ1) is 9.04. The Labute approximate surface area is 118 Å². The van der Waals surface area contributed by atoms with Gasteiger partial charge in [0.15, 0.2) is 0 Å². The smallest absolute Gasteiger partial charge is 0.120 e. The molecule has 0 atom stereocenters. The molecule has 0 saturated heterocycles. The molecule has 0 spiro atoms. The van der Waals surface area contributed by atoms with Crippen LogP contribution in [0.5, 0.6) is 5.75 Å². The maximum Gasteiger partial charge on any atom is 0.120 e. The monoisotopic (exact) mass is 273 g/mol. The number of rotatable bonds is 1. The fourth-order valence-electron chi connectivity index (χ4n) is 2.84. The number of hydrogen-bond acceptors (Lipinski definition) is 2. The number of methoxy groups -OCH3 is 1. The Morgan fingerprint density at radius 3 is 2.63 bits per heavy atom. The van der Waals surface area contributed by atoms with E-state index in [0.29, 0.717) is 0 Å². The van der Waals surface area contributed by atoms with Crippen molar-refractivity contribution >= 4 is 23.0 Å². The number of nitrogens with one attached hydrogen (secondary N) is 1. The van der Waals surface area contributed by atoms with E-state index in [1.165, 1.54) is 5.56 Å². The number of anilines is 2. The van der Waals surface area contributed by atoms with E-state index < -0.39 is 0 Å². The molecule has 1 aliphatic heterocycles. The molecule has 19 heavy (non-hydrogen) atoms. The van der Waals surface area contributed by atoms with Gasteiger partial charge < -0.3 is 10.1 Å². The van der Waals surface area contributed by atoms with Crippen molar-refractivity contribution in [2.24, 2.45) is 0 Å². The minimum absolute atomic E-state index is 0.124. The lowest BCUT2D eigenvalue weighted by atomic mass is 9.74. The van der Waals surface area contributed by atoms with Crippen LogP contribution in [0, 0.1) is 0 Å². The first-order valence-corrected chi connectivity index (χ1v) is 6.66. The Hall–Kier alpha value is -1.67. The first kappa shape index (κ1) is 12.4.